The number of carbonyl (C=O) groups excluding carboxylic acids is 2. The highest BCUT2D eigenvalue weighted by Crippen LogP contribution is 2.35. The van der Waals surface area contributed by atoms with Crippen LogP contribution in [0.5, 0.6) is 5.75 Å². The second-order valence-corrected chi connectivity index (χ2v) is 5.83. The molecule has 1 aliphatic rings. The number of fused-ring (bicyclic) bond motifs is 1. The first kappa shape index (κ1) is 16.0. The minimum Gasteiger partial charge on any atom is -0.479 e. The molecule has 3 rings (SSSR count). The molecule has 1 aromatic carbocycles. The third kappa shape index (κ3) is 3.10. The van der Waals surface area contributed by atoms with Crippen molar-refractivity contribution in [2.24, 2.45) is 7.05 Å². The summed E-state index contributed by atoms with van der Waals surface area (Å²) in [4.78, 5) is 25.7. The summed E-state index contributed by atoms with van der Waals surface area (Å²) in [6.45, 7) is 1.72. The predicted octanol–water partition coefficient (Wildman–Crippen LogP) is 1.74. The van der Waals surface area contributed by atoms with Crippen molar-refractivity contribution in [1.29, 1.82) is 0 Å². The van der Waals surface area contributed by atoms with Crippen molar-refractivity contribution < 1.29 is 14.3 Å². The van der Waals surface area contributed by atoms with E-state index >= 15 is 0 Å². The molecule has 24 heavy (non-hydrogen) atoms. The third-order valence-corrected chi connectivity index (χ3v) is 4.12. The van der Waals surface area contributed by atoms with Gasteiger partial charge < -0.3 is 15.0 Å². The van der Waals surface area contributed by atoms with Gasteiger partial charge in [-0.2, -0.15) is 5.10 Å². The molecule has 1 aromatic heterocycles. The number of hydrogen-bond acceptors (Lipinski definition) is 4. The van der Waals surface area contributed by atoms with Crippen molar-refractivity contribution in [2.75, 3.05) is 17.3 Å². The van der Waals surface area contributed by atoms with E-state index in [2.05, 4.69) is 10.4 Å². The standard InChI is InChI=1S/C17H20N4O3/c1-11-17(23)20(2)14-10-12(4-6-15(14)24-11)19-16(22)7-5-13-8-9-18-21(13)3/h4,6,8-11H,5,7H2,1-3H3,(H,19,22). The number of carbonyl (C=O) groups is 2. The zero-order chi connectivity index (χ0) is 17.3. The van der Waals surface area contributed by atoms with Crippen LogP contribution in [0.3, 0.4) is 0 Å². The van der Waals surface area contributed by atoms with Gasteiger partial charge in [0.25, 0.3) is 5.91 Å². The Bertz CT molecular complexity index is 784. The SMILES string of the molecule is CC1Oc2ccc(NC(=O)CCc3ccnn3C)cc2N(C)C1=O. The Morgan fingerprint density at radius 2 is 2.12 bits per heavy atom. The summed E-state index contributed by atoms with van der Waals surface area (Å²) in [7, 11) is 3.55. The summed E-state index contributed by atoms with van der Waals surface area (Å²) in [5.74, 6) is 0.440. The molecule has 1 atom stereocenters. The molecular formula is C17H20N4O3. The highest BCUT2D eigenvalue weighted by Gasteiger charge is 2.29. The van der Waals surface area contributed by atoms with Crippen molar-refractivity contribution >= 4 is 23.2 Å². The number of anilines is 2. The Balaban J connectivity index is 1.67. The number of rotatable bonds is 4. The quantitative estimate of drug-likeness (QED) is 0.927. The number of nitrogens with zero attached hydrogens (tertiary/aromatic N) is 3. The molecule has 0 bridgehead atoms. The first-order chi connectivity index (χ1) is 11.5. The fourth-order valence-electron chi connectivity index (χ4n) is 2.70. The van der Waals surface area contributed by atoms with Crippen molar-refractivity contribution in [3.63, 3.8) is 0 Å². The lowest BCUT2D eigenvalue weighted by Crippen LogP contribution is -2.41. The summed E-state index contributed by atoms with van der Waals surface area (Å²) in [6, 6.07) is 7.19. The average molecular weight is 328 g/mol. The van der Waals surface area contributed by atoms with Crippen LogP contribution in [0.4, 0.5) is 11.4 Å². The first-order valence-electron chi connectivity index (χ1n) is 7.80. The minimum atomic E-state index is -0.498. The second kappa shape index (κ2) is 6.35. The van der Waals surface area contributed by atoms with Crippen LogP contribution < -0.4 is 15.0 Å². The molecule has 0 spiro atoms. The van der Waals surface area contributed by atoms with Gasteiger partial charge in [0, 0.05) is 38.1 Å². The van der Waals surface area contributed by atoms with Crippen molar-refractivity contribution in [3.05, 3.63) is 36.2 Å². The minimum absolute atomic E-state index is 0.0878. The molecule has 1 aliphatic heterocycles. The van der Waals surface area contributed by atoms with E-state index in [-0.39, 0.29) is 11.8 Å². The fraction of sp³-hybridized carbons (Fsp3) is 0.353. The molecular weight excluding hydrogens is 308 g/mol. The summed E-state index contributed by atoms with van der Waals surface area (Å²) < 4.78 is 7.33. The first-order valence-corrected chi connectivity index (χ1v) is 7.80. The largest absolute Gasteiger partial charge is 0.479 e. The van der Waals surface area contributed by atoms with E-state index in [1.54, 1.807) is 47.9 Å². The zero-order valence-corrected chi connectivity index (χ0v) is 13.9. The van der Waals surface area contributed by atoms with Crippen LogP contribution in [0.2, 0.25) is 0 Å². The predicted molar refractivity (Wildman–Crippen MR) is 90.1 cm³/mol. The highest BCUT2D eigenvalue weighted by atomic mass is 16.5. The van der Waals surface area contributed by atoms with Gasteiger partial charge in [0.05, 0.1) is 5.69 Å². The number of likely N-dealkylation sites (N-methyl/N-ethyl adjacent to an activating group) is 1. The lowest BCUT2D eigenvalue weighted by Gasteiger charge is -2.30. The number of ether oxygens (including phenoxy) is 1. The summed E-state index contributed by atoms with van der Waals surface area (Å²) in [5, 5.41) is 6.94. The van der Waals surface area contributed by atoms with Crippen LogP contribution in [0.1, 0.15) is 19.0 Å². The van der Waals surface area contributed by atoms with E-state index in [0.29, 0.717) is 30.0 Å². The van der Waals surface area contributed by atoms with Gasteiger partial charge in [-0.3, -0.25) is 14.3 Å². The highest BCUT2D eigenvalue weighted by molar-refractivity contribution is 6.00. The lowest BCUT2D eigenvalue weighted by atomic mass is 10.1. The van der Waals surface area contributed by atoms with Gasteiger partial charge in [-0.1, -0.05) is 0 Å². The van der Waals surface area contributed by atoms with E-state index in [4.69, 9.17) is 4.74 Å². The number of aromatic nitrogens is 2. The van der Waals surface area contributed by atoms with Gasteiger partial charge in [-0.05, 0) is 37.6 Å². The molecule has 0 aliphatic carbocycles. The van der Waals surface area contributed by atoms with Crippen LogP contribution in [0.25, 0.3) is 0 Å². The van der Waals surface area contributed by atoms with E-state index in [0.717, 1.165) is 5.69 Å². The number of aryl methyl sites for hydroxylation is 2. The van der Waals surface area contributed by atoms with E-state index in [9.17, 15) is 9.59 Å². The van der Waals surface area contributed by atoms with Crippen LogP contribution in [-0.2, 0) is 23.1 Å². The van der Waals surface area contributed by atoms with Gasteiger partial charge in [0.15, 0.2) is 6.10 Å². The molecule has 2 aromatic rings. The summed E-state index contributed by atoms with van der Waals surface area (Å²) >= 11 is 0. The molecule has 126 valence electrons. The maximum Gasteiger partial charge on any atom is 0.267 e. The molecule has 0 fully saturated rings. The fourth-order valence-corrected chi connectivity index (χ4v) is 2.70. The molecule has 1 unspecified atom stereocenters. The Hall–Kier alpha value is -2.83. The van der Waals surface area contributed by atoms with E-state index < -0.39 is 6.10 Å². The number of amides is 2. The average Bonchev–Trinajstić information content (AvgIpc) is 2.97. The molecule has 7 heteroatoms. The number of nitrogens with one attached hydrogen (secondary N) is 1. The van der Waals surface area contributed by atoms with E-state index in [1.807, 2.05) is 13.1 Å². The van der Waals surface area contributed by atoms with Gasteiger partial charge in [0.1, 0.15) is 5.75 Å². The van der Waals surface area contributed by atoms with Gasteiger partial charge >= 0.3 is 0 Å². The summed E-state index contributed by atoms with van der Waals surface area (Å²) in [6.07, 6.45) is 2.19. The summed E-state index contributed by atoms with van der Waals surface area (Å²) in [5.41, 5.74) is 2.30. The van der Waals surface area contributed by atoms with Gasteiger partial charge in [0.2, 0.25) is 5.91 Å². The monoisotopic (exact) mass is 328 g/mol. The molecule has 2 amide bonds. The Morgan fingerprint density at radius 3 is 2.83 bits per heavy atom. The van der Waals surface area contributed by atoms with Crippen LogP contribution >= 0.6 is 0 Å². The molecule has 2 heterocycles. The Kier molecular flexibility index (Phi) is 4.24. The van der Waals surface area contributed by atoms with Crippen molar-refractivity contribution in [2.45, 2.75) is 25.9 Å². The maximum absolute atomic E-state index is 12.1. The maximum atomic E-state index is 12.1. The van der Waals surface area contributed by atoms with Crippen LogP contribution in [0, 0.1) is 0 Å². The van der Waals surface area contributed by atoms with Crippen molar-refractivity contribution in [3.8, 4) is 5.75 Å². The number of benzene rings is 1. The van der Waals surface area contributed by atoms with Crippen molar-refractivity contribution in [1.82, 2.24) is 9.78 Å². The molecule has 0 saturated heterocycles. The van der Waals surface area contributed by atoms with Gasteiger partial charge in [-0.15, -0.1) is 0 Å². The smallest absolute Gasteiger partial charge is 0.267 e. The Labute approximate surface area is 140 Å². The van der Waals surface area contributed by atoms with Gasteiger partial charge in [-0.25, -0.2) is 0 Å². The van der Waals surface area contributed by atoms with Crippen LogP contribution in [0.15, 0.2) is 30.5 Å². The molecule has 0 saturated carbocycles. The lowest BCUT2D eigenvalue weighted by molar-refractivity contribution is -0.125. The Morgan fingerprint density at radius 1 is 1.33 bits per heavy atom. The zero-order valence-electron chi connectivity index (χ0n) is 13.9. The topological polar surface area (TPSA) is 76.5 Å². The normalized spacial score (nSPS) is 16.5. The molecule has 0 radical (unpaired) electrons. The van der Waals surface area contributed by atoms with E-state index in [1.165, 1.54) is 0 Å². The van der Waals surface area contributed by atoms with Crippen LogP contribution in [-0.4, -0.2) is 34.7 Å². The third-order valence-electron chi connectivity index (χ3n) is 4.12. The second-order valence-electron chi connectivity index (χ2n) is 5.83. The molecule has 1 N–H and O–H groups in total. The molecule has 7 nitrogen and oxygen atoms in total. The number of hydrogen-bond donors (Lipinski definition) is 1.